The van der Waals surface area contributed by atoms with Gasteiger partial charge in [0, 0.05) is 21.7 Å². The van der Waals surface area contributed by atoms with E-state index in [2.05, 4.69) is 0 Å². The Morgan fingerprint density at radius 3 is 2.27 bits per heavy atom. The lowest BCUT2D eigenvalue weighted by molar-refractivity contribution is -0.137. The highest BCUT2D eigenvalue weighted by Crippen LogP contribution is 2.41. The Labute approximate surface area is 174 Å². The van der Waals surface area contributed by atoms with Gasteiger partial charge < -0.3 is 13.9 Å². The molecule has 0 saturated carbocycles. The van der Waals surface area contributed by atoms with Crippen molar-refractivity contribution >= 4 is 33.7 Å². The zero-order valence-electron chi connectivity index (χ0n) is 17.1. The number of esters is 2. The fourth-order valence-electron chi connectivity index (χ4n) is 3.40. The van der Waals surface area contributed by atoms with Crippen LogP contribution in [0.25, 0.3) is 33.1 Å². The minimum absolute atomic E-state index is 0.239. The van der Waals surface area contributed by atoms with Crippen molar-refractivity contribution in [1.82, 2.24) is 0 Å². The van der Waals surface area contributed by atoms with Gasteiger partial charge >= 0.3 is 11.9 Å². The molecule has 30 heavy (non-hydrogen) atoms. The van der Waals surface area contributed by atoms with E-state index in [4.69, 9.17) is 13.9 Å². The lowest BCUT2D eigenvalue weighted by atomic mass is 10.0. The van der Waals surface area contributed by atoms with Crippen molar-refractivity contribution in [3.63, 3.8) is 0 Å². The Balaban J connectivity index is 2.05. The van der Waals surface area contributed by atoms with Crippen LogP contribution in [-0.2, 0) is 9.53 Å². The van der Waals surface area contributed by atoms with Gasteiger partial charge in [-0.15, -0.1) is 0 Å². The summed E-state index contributed by atoms with van der Waals surface area (Å²) in [4.78, 5) is 25.2. The number of carbonyl (C=O) groups is 2. The molecule has 4 rings (SSSR count). The number of rotatable bonds is 5. The summed E-state index contributed by atoms with van der Waals surface area (Å²) in [5, 5.41) is 2.05. The van der Waals surface area contributed by atoms with E-state index >= 15 is 0 Å². The van der Waals surface area contributed by atoms with Gasteiger partial charge in [-0.25, -0.2) is 4.79 Å². The van der Waals surface area contributed by atoms with Gasteiger partial charge in [0.25, 0.3) is 0 Å². The van der Waals surface area contributed by atoms with Crippen LogP contribution < -0.4 is 4.74 Å². The minimum atomic E-state index is -0.480. The van der Waals surface area contributed by atoms with Crippen molar-refractivity contribution in [2.24, 2.45) is 5.92 Å². The summed E-state index contributed by atoms with van der Waals surface area (Å²) in [6.07, 6.45) is 0. The number of hydrogen-bond acceptors (Lipinski definition) is 5. The zero-order valence-corrected chi connectivity index (χ0v) is 17.1. The first-order valence-corrected chi connectivity index (χ1v) is 9.93. The van der Waals surface area contributed by atoms with E-state index in [0.717, 1.165) is 16.3 Å². The molecule has 0 saturated heterocycles. The first-order valence-electron chi connectivity index (χ1n) is 9.93. The Bertz CT molecular complexity index is 1230. The Hall–Kier alpha value is -3.60. The highest BCUT2D eigenvalue weighted by atomic mass is 16.5. The van der Waals surface area contributed by atoms with Crippen LogP contribution in [0.1, 0.15) is 31.1 Å². The fourth-order valence-corrected chi connectivity index (χ4v) is 3.40. The van der Waals surface area contributed by atoms with Crippen LogP contribution in [0, 0.1) is 5.92 Å². The van der Waals surface area contributed by atoms with Crippen molar-refractivity contribution in [3.05, 3.63) is 66.2 Å². The molecule has 5 heteroatoms. The number of hydrogen-bond donors (Lipinski definition) is 0. The molecule has 0 aliphatic carbocycles. The van der Waals surface area contributed by atoms with Crippen LogP contribution in [0.5, 0.6) is 5.75 Å². The molecule has 5 nitrogen and oxygen atoms in total. The van der Waals surface area contributed by atoms with Crippen LogP contribution in [0.3, 0.4) is 0 Å². The van der Waals surface area contributed by atoms with Crippen LogP contribution in [0.4, 0.5) is 0 Å². The molecule has 0 unspecified atom stereocenters. The molecule has 3 aromatic carbocycles. The topological polar surface area (TPSA) is 65.7 Å². The molecule has 4 aromatic rings. The van der Waals surface area contributed by atoms with Gasteiger partial charge in [0.1, 0.15) is 22.7 Å². The van der Waals surface area contributed by atoms with Crippen LogP contribution in [-0.4, -0.2) is 18.5 Å². The number of benzene rings is 3. The van der Waals surface area contributed by atoms with Crippen molar-refractivity contribution < 1.29 is 23.5 Å². The Kier molecular flexibility index (Phi) is 5.27. The van der Waals surface area contributed by atoms with E-state index < -0.39 is 5.97 Å². The van der Waals surface area contributed by atoms with E-state index in [1.54, 1.807) is 26.8 Å². The highest BCUT2D eigenvalue weighted by Gasteiger charge is 2.26. The molecule has 0 aliphatic rings. The molecular weight excluding hydrogens is 380 g/mol. The van der Waals surface area contributed by atoms with E-state index in [1.807, 2.05) is 54.6 Å². The molecule has 1 aromatic heterocycles. The van der Waals surface area contributed by atoms with Gasteiger partial charge in [-0.3, -0.25) is 4.79 Å². The van der Waals surface area contributed by atoms with Gasteiger partial charge in [0.05, 0.1) is 12.5 Å². The summed E-state index contributed by atoms with van der Waals surface area (Å²) in [7, 11) is 0. The molecular formula is C25H22O5. The van der Waals surface area contributed by atoms with Crippen molar-refractivity contribution in [2.45, 2.75) is 20.8 Å². The van der Waals surface area contributed by atoms with Crippen molar-refractivity contribution in [2.75, 3.05) is 6.61 Å². The van der Waals surface area contributed by atoms with Crippen molar-refractivity contribution in [1.29, 1.82) is 0 Å². The SMILES string of the molecule is CCOC(=O)c1c(-c2ccccc2)oc2c1cc(OC(=O)C(C)C)c1ccccc12. The number of ether oxygens (including phenoxy) is 2. The summed E-state index contributed by atoms with van der Waals surface area (Å²) < 4.78 is 17.2. The maximum absolute atomic E-state index is 12.9. The van der Waals surface area contributed by atoms with Gasteiger partial charge in [-0.2, -0.15) is 0 Å². The first-order chi connectivity index (χ1) is 14.5. The van der Waals surface area contributed by atoms with E-state index in [0.29, 0.717) is 28.0 Å². The molecule has 0 N–H and O–H groups in total. The maximum atomic E-state index is 12.9. The second kappa shape index (κ2) is 8.03. The monoisotopic (exact) mass is 402 g/mol. The average molecular weight is 402 g/mol. The third-order valence-electron chi connectivity index (χ3n) is 4.86. The standard InChI is InChI=1S/C25H22O5/c1-4-28-25(27)21-19-14-20(29-24(26)15(2)3)17-12-8-9-13-18(17)23(19)30-22(21)16-10-6-5-7-11-16/h5-15H,4H2,1-3H3. The average Bonchev–Trinajstić information content (AvgIpc) is 3.14. The predicted molar refractivity (Wildman–Crippen MR) is 116 cm³/mol. The minimum Gasteiger partial charge on any atom is -0.462 e. The third kappa shape index (κ3) is 3.43. The van der Waals surface area contributed by atoms with E-state index in [-0.39, 0.29) is 18.5 Å². The molecule has 0 spiro atoms. The molecule has 152 valence electrons. The zero-order chi connectivity index (χ0) is 21.3. The first kappa shape index (κ1) is 19.7. The normalized spacial score (nSPS) is 11.2. The number of furan rings is 1. The largest absolute Gasteiger partial charge is 0.462 e. The predicted octanol–water partition coefficient (Wildman–Crippen LogP) is 5.99. The lowest BCUT2D eigenvalue weighted by Gasteiger charge is -2.10. The second-order valence-electron chi connectivity index (χ2n) is 7.27. The maximum Gasteiger partial charge on any atom is 0.342 e. The number of fused-ring (bicyclic) bond motifs is 3. The molecule has 0 amide bonds. The fraction of sp³-hybridized carbons (Fsp3) is 0.200. The summed E-state index contributed by atoms with van der Waals surface area (Å²) in [5.41, 5.74) is 1.64. The Morgan fingerprint density at radius 2 is 1.60 bits per heavy atom. The summed E-state index contributed by atoms with van der Waals surface area (Å²) >= 11 is 0. The van der Waals surface area contributed by atoms with Crippen LogP contribution in [0.2, 0.25) is 0 Å². The van der Waals surface area contributed by atoms with E-state index in [1.165, 1.54) is 0 Å². The molecule has 0 fully saturated rings. The van der Waals surface area contributed by atoms with Crippen LogP contribution >= 0.6 is 0 Å². The second-order valence-corrected chi connectivity index (χ2v) is 7.27. The lowest BCUT2D eigenvalue weighted by Crippen LogP contribution is -2.15. The molecule has 0 radical (unpaired) electrons. The summed E-state index contributed by atoms with van der Waals surface area (Å²) in [5.74, 6) is -0.284. The smallest absolute Gasteiger partial charge is 0.342 e. The van der Waals surface area contributed by atoms with E-state index in [9.17, 15) is 9.59 Å². The molecule has 0 atom stereocenters. The summed E-state index contributed by atoms with van der Waals surface area (Å²) in [6, 6.07) is 18.6. The highest BCUT2D eigenvalue weighted by molar-refractivity contribution is 6.17. The third-order valence-corrected chi connectivity index (χ3v) is 4.86. The van der Waals surface area contributed by atoms with Gasteiger partial charge in [-0.05, 0) is 13.0 Å². The summed E-state index contributed by atoms with van der Waals surface area (Å²) in [6.45, 7) is 5.55. The quantitative estimate of drug-likeness (QED) is 0.303. The van der Waals surface area contributed by atoms with Gasteiger partial charge in [-0.1, -0.05) is 68.4 Å². The molecule has 0 aliphatic heterocycles. The molecule has 0 bridgehead atoms. The molecule has 1 heterocycles. The van der Waals surface area contributed by atoms with Crippen LogP contribution in [0.15, 0.2) is 65.1 Å². The van der Waals surface area contributed by atoms with Gasteiger partial charge in [0.15, 0.2) is 0 Å². The van der Waals surface area contributed by atoms with Gasteiger partial charge in [0.2, 0.25) is 0 Å². The van der Waals surface area contributed by atoms with Crippen molar-refractivity contribution in [3.8, 4) is 17.1 Å². The Morgan fingerprint density at radius 1 is 0.933 bits per heavy atom. The number of carbonyl (C=O) groups excluding carboxylic acids is 2.